The van der Waals surface area contributed by atoms with E-state index in [2.05, 4.69) is 29.2 Å². The Hall–Kier alpha value is -1.69. The second-order valence-electron chi connectivity index (χ2n) is 4.85. The minimum atomic E-state index is -0.0661. The fourth-order valence-electron chi connectivity index (χ4n) is 1.75. The summed E-state index contributed by atoms with van der Waals surface area (Å²) < 4.78 is 1.66. The number of thiazole rings is 1. The van der Waals surface area contributed by atoms with Gasteiger partial charge in [-0.15, -0.1) is 11.3 Å². The zero-order valence-corrected chi connectivity index (χ0v) is 12.4. The number of amides is 1. The quantitative estimate of drug-likeness (QED) is 0.934. The lowest BCUT2D eigenvalue weighted by atomic mass is 10.2. The third-order valence-corrected chi connectivity index (χ3v) is 3.87. The van der Waals surface area contributed by atoms with Crippen LogP contribution in [0.1, 0.15) is 36.2 Å². The van der Waals surface area contributed by atoms with Gasteiger partial charge in [-0.1, -0.05) is 13.8 Å². The van der Waals surface area contributed by atoms with Crippen molar-refractivity contribution in [2.75, 3.05) is 5.32 Å². The van der Waals surface area contributed by atoms with Crippen LogP contribution < -0.4 is 5.32 Å². The number of aryl methyl sites for hydroxylation is 2. The Morgan fingerprint density at radius 2 is 2.26 bits per heavy atom. The van der Waals surface area contributed by atoms with Crippen molar-refractivity contribution in [3.63, 3.8) is 0 Å². The number of nitrogens with one attached hydrogen (secondary N) is 1. The summed E-state index contributed by atoms with van der Waals surface area (Å²) in [5, 5.41) is 10.0. The van der Waals surface area contributed by atoms with Crippen molar-refractivity contribution < 1.29 is 4.79 Å². The fourth-order valence-corrected chi connectivity index (χ4v) is 2.58. The highest BCUT2D eigenvalue weighted by atomic mass is 32.1. The largest absolute Gasteiger partial charge is 0.311 e. The van der Waals surface area contributed by atoms with Crippen molar-refractivity contribution in [3.8, 4) is 0 Å². The first-order valence-electron chi connectivity index (χ1n) is 6.20. The third-order valence-electron chi connectivity index (χ3n) is 2.67. The molecule has 0 aromatic carbocycles. The van der Waals surface area contributed by atoms with Crippen molar-refractivity contribution in [2.45, 2.75) is 33.1 Å². The van der Waals surface area contributed by atoms with E-state index in [1.54, 1.807) is 16.0 Å². The number of carbonyl (C=O) groups excluding carboxylic acids is 1. The number of anilines is 1. The molecule has 1 amide bonds. The molecule has 2 rings (SSSR count). The molecular weight excluding hydrogens is 260 g/mol. The Morgan fingerprint density at radius 1 is 1.53 bits per heavy atom. The number of carbonyl (C=O) groups is 1. The van der Waals surface area contributed by atoms with E-state index in [4.69, 9.17) is 0 Å². The van der Waals surface area contributed by atoms with Gasteiger partial charge in [-0.25, -0.2) is 4.98 Å². The monoisotopic (exact) mass is 278 g/mol. The molecule has 2 heterocycles. The molecule has 0 radical (unpaired) electrons. The molecule has 0 atom stereocenters. The van der Waals surface area contributed by atoms with E-state index in [0.717, 1.165) is 16.4 Å². The molecule has 0 aliphatic carbocycles. The molecule has 6 heteroatoms. The van der Waals surface area contributed by atoms with Gasteiger partial charge < -0.3 is 5.32 Å². The second-order valence-corrected chi connectivity index (χ2v) is 5.74. The summed E-state index contributed by atoms with van der Waals surface area (Å²) in [4.78, 5) is 16.4. The van der Waals surface area contributed by atoms with Crippen molar-refractivity contribution in [2.24, 2.45) is 7.05 Å². The summed E-state index contributed by atoms with van der Waals surface area (Å²) >= 11 is 1.60. The van der Waals surface area contributed by atoms with Crippen LogP contribution in [0.3, 0.4) is 0 Å². The van der Waals surface area contributed by atoms with Gasteiger partial charge >= 0.3 is 0 Å². The summed E-state index contributed by atoms with van der Waals surface area (Å²) in [6.07, 6.45) is 0.299. The lowest BCUT2D eigenvalue weighted by molar-refractivity contribution is -0.115. The molecule has 0 aliphatic heterocycles. The van der Waals surface area contributed by atoms with Gasteiger partial charge in [0.05, 0.1) is 22.8 Å². The Labute approximate surface area is 116 Å². The van der Waals surface area contributed by atoms with Crippen LogP contribution in [0.25, 0.3) is 0 Å². The molecule has 0 aliphatic rings. The van der Waals surface area contributed by atoms with Crippen molar-refractivity contribution >= 4 is 23.1 Å². The number of hydrogen-bond donors (Lipinski definition) is 1. The van der Waals surface area contributed by atoms with Crippen LogP contribution in [0.5, 0.6) is 0 Å². The molecule has 2 aromatic rings. The maximum Gasteiger partial charge on any atom is 0.231 e. The standard InChI is InChI=1S/C13H18N4OS/c1-8(2)13-14-10(7-19-13)6-12(18)15-11-5-9(3)16-17(11)4/h5,7-8H,6H2,1-4H3,(H,15,18). The van der Waals surface area contributed by atoms with E-state index in [1.807, 2.05) is 25.4 Å². The average molecular weight is 278 g/mol. The normalized spacial score (nSPS) is 11.0. The molecule has 0 saturated heterocycles. The van der Waals surface area contributed by atoms with E-state index < -0.39 is 0 Å². The average Bonchev–Trinajstić information content (AvgIpc) is 2.87. The first kappa shape index (κ1) is 13.7. The van der Waals surface area contributed by atoms with Gasteiger partial charge in [0.25, 0.3) is 0 Å². The van der Waals surface area contributed by atoms with Crippen LogP contribution >= 0.6 is 11.3 Å². The van der Waals surface area contributed by atoms with Gasteiger partial charge in [0.1, 0.15) is 5.82 Å². The Balaban J connectivity index is 1.99. The highest BCUT2D eigenvalue weighted by Gasteiger charge is 2.11. The first-order valence-corrected chi connectivity index (χ1v) is 7.08. The van der Waals surface area contributed by atoms with Crippen molar-refractivity contribution in [3.05, 3.63) is 27.8 Å². The lowest BCUT2D eigenvalue weighted by Crippen LogP contribution is -2.16. The smallest absolute Gasteiger partial charge is 0.231 e. The van der Waals surface area contributed by atoms with Gasteiger partial charge in [-0.05, 0) is 6.92 Å². The van der Waals surface area contributed by atoms with E-state index in [9.17, 15) is 4.79 Å². The van der Waals surface area contributed by atoms with Gasteiger partial charge in [-0.2, -0.15) is 5.10 Å². The molecule has 5 nitrogen and oxygen atoms in total. The minimum absolute atomic E-state index is 0.0661. The van der Waals surface area contributed by atoms with Gasteiger partial charge in [-0.3, -0.25) is 9.48 Å². The van der Waals surface area contributed by atoms with Crippen molar-refractivity contribution in [1.29, 1.82) is 0 Å². The first-order chi connectivity index (χ1) is 8.95. The van der Waals surface area contributed by atoms with Gasteiger partial charge in [0.2, 0.25) is 5.91 Å². The molecule has 2 aromatic heterocycles. The molecule has 0 unspecified atom stereocenters. The van der Waals surface area contributed by atoms with Crippen LogP contribution in [0.4, 0.5) is 5.82 Å². The lowest BCUT2D eigenvalue weighted by Gasteiger charge is -2.03. The minimum Gasteiger partial charge on any atom is -0.311 e. The van der Waals surface area contributed by atoms with Crippen LogP contribution in [-0.2, 0) is 18.3 Å². The molecule has 0 saturated carbocycles. The summed E-state index contributed by atoms with van der Waals surface area (Å²) in [6.45, 7) is 6.09. The summed E-state index contributed by atoms with van der Waals surface area (Å²) in [7, 11) is 1.81. The van der Waals surface area contributed by atoms with Crippen LogP contribution in [-0.4, -0.2) is 20.7 Å². The van der Waals surface area contributed by atoms with Crippen LogP contribution in [0.2, 0.25) is 0 Å². The molecule has 0 fully saturated rings. The Morgan fingerprint density at radius 3 is 2.79 bits per heavy atom. The Bertz CT molecular complexity index is 585. The number of nitrogens with zero attached hydrogens (tertiary/aromatic N) is 3. The number of aromatic nitrogens is 3. The predicted octanol–water partition coefficient (Wildman–Crippen LogP) is 2.49. The van der Waals surface area contributed by atoms with Gasteiger partial charge in [0, 0.05) is 24.4 Å². The maximum absolute atomic E-state index is 11.9. The van der Waals surface area contributed by atoms with Crippen molar-refractivity contribution in [1.82, 2.24) is 14.8 Å². The summed E-state index contributed by atoms with van der Waals surface area (Å²) in [6, 6.07) is 1.85. The fraction of sp³-hybridized carbons (Fsp3) is 0.462. The van der Waals surface area contributed by atoms with E-state index in [-0.39, 0.29) is 5.91 Å². The van der Waals surface area contributed by atoms with Crippen LogP contribution in [0.15, 0.2) is 11.4 Å². The molecule has 102 valence electrons. The molecule has 0 bridgehead atoms. The SMILES string of the molecule is Cc1cc(NC(=O)Cc2csc(C(C)C)n2)n(C)n1. The zero-order valence-electron chi connectivity index (χ0n) is 11.6. The zero-order chi connectivity index (χ0) is 14.0. The highest BCUT2D eigenvalue weighted by molar-refractivity contribution is 7.09. The van der Waals surface area contributed by atoms with Gasteiger partial charge in [0.15, 0.2) is 0 Å². The third kappa shape index (κ3) is 3.41. The number of rotatable bonds is 4. The predicted molar refractivity (Wildman–Crippen MR) is 76.5 cm³/mol. The van der Waals surface area contributed by atoms with Crippen LogP contribution in [0, 0.1) is 6.92 Å². The molecule has 1 N–H and O–H groups in total. The molecular formula is C13H18N4OS. The van der Waals surface area contributed by atoms with E-state index in [1.165, 1.54) is 0 Å². The van der Waals surface area contributed by atoms with E-state index >= 15 is 0 Å². The number of hydrogen-bond acceptors (Lipinski definition) is 4. The van der Waals surface area contributed by atoms with E-state index in [0.29, 0.717) is 18.2 Å². The molecule has 0 spiro atoms. The second kappa shape index (κ2) is 5.52. The highest BCUT2D eigenvalue weighted by Crippen LogP contribution is 2.19. The summed E-state index contributed by atoms with van der Waals surface area (Å²) in [5.41, 5.74) is 1.71. The Kier molecular flexibility index (Phi) is 3.99. The molecule has 19 heavy (non-hydrogen) atoms. The maximum atomic E-state index is 11.9. The topological polar surface area (TPSA) is 59.8 Å². The summed E-state index contributed by atoms with van der Waals surface area (Å²) in [5.74, 6) is 1.05.